The van der Waals surface area contributed by atoms with Crippen LogP contribution in [-0.2, 0) is 6.42 Å². The summed E-state index contributed by atoms with van der Waals surface area (Å²) >= 11 is 8.16. The molecule has 0 fully saturated rings. The predicted molar refractivity (Wildman–Crippen MR) is 80.4 cm³/mol. The summed E-state index contributed by atoms with van der Waals surface area (Å²) in [6, 6.07) is 6.85. The van der Waals surface area contributed by atoms with Crippen molar-refractivity contribution in [2.24, 2.45) is 0 Å². The van der Waals surface area contributed by atoms with E-state index in [1.807, 2.05) is 17.8 Å². The lowest BCUT2D eigenvalue weighted by Crippen LogP contribution is -2.34. The third kappa shape index (κ3) is 5.33. The second-order valence-corrected chi connectivity index (χ2v) is 5.72. The molecule has 1 nitrogen and oxygen atoms in total. The maximum absolute atomic E-state index is 6.27. The molecule has 1 rings (SSSR count). The van der Waals surface area contributed by atoms with Crippen LogP contribution in [0.2, 0.25) is 5.02 Å². The van der Waals surface area contributed by atoms with Crippen molar-refractivity contribution in [3.63, 3.8) is 0 Å². The first-order valence-electron chi connectivity index (χ1n) is 6.14. The average molecular weight is 272 g/mol. The number of nitrogens with one attached hydrogen (secondary N) is 1. The SMILES string of the molecule is CCCNC(CSC)Cc1ccc(C)cc1Cl. The van der Waals surface area contributed by atoms with Gasteiger partial charge in [0.25, 0.3) is 0 Å². The molecular formula is C14H22ClNS. The molecule has 1 unspecified atom stereocenters. The van der Waals surface area contributed by atoms with E-state index in [1.54, 1.807) is 0 Å². The highest BCUT2D eigenvalue weighted by Crippen LogP contribution is 2.19. The first-order valence-corrected chi connectivity index (χ1v) is 7.92. The monoisotopic (exact) mass is 271 g/mol. The Kier molecular flexibility index (Phi) is 7.02. The number of benzene rings is 1. The summed E-state index contributed by atoms with van der Waals surface area (Å²) < 4.78 is 0. The first-order chi connectivity index (χ1) is 8.17. The lowest BCUT2D eigenvalue weighted by Gasteiger charge is -2.18. The zero-order chi connectivity index (χ0) is 12.7. The van der Waals surface area contributed by atoms with Crippen molar-refractivity contribution in [3.05, 3.63) is 34.3 Å². The highest BCUT2D eigenvalue weighted by molar-refractivity contribution is 7.98. The predicted octanol–water partition coefficient (Wildman–Crippen LogP) is 3.92. The van der Waals surface area contributed by atoms with E-state index in [-0.39, 0.29) is 0 Å². The van der Waals surface area contributed by atoms with E-state index >= 15 is 0 Å². The summed E-state index contributed by atoms with van der Waals surface area (Å²) in [4.78, 5) is 0. The van der Waals surface area contributed by atoms with Gasteiger partial charge in [0.1, 0.15) is 0 Å². The molecule has 3 heteroatoms. The van der Waals surface area contributed by atoms with E-state index in [0.717, 1.165) is 23.7 Å². The van der Waals surface area contributed by atoms with Gasteiger partial charge in [-0.3, -0.25) is 0 Å². The molecule has 0 aliphatic carbocycles. The summed E-state index contributed by atoms with van der Waals surface area (Å²) in [6.45, 7) is 5.35. The smallest absolute Gasteiger partial charge is 0.0441 e. The van der Waals surface area contributed by atoms with E-state index in [2.05, 4.69) is 37.6 Å². The maximum atomic E-state index is 6.27. The van der Waals surface area contributed by atoms with Crippen LogP contribution in [0.4, 0.5) is 0 Å². The number of hydrogen-bond donors (Lipinski definition) is 1. The summed E-state index contributed by atoms with van der Waals surface area (Å²) in [5, 5.41) is 4.48. The molecule has 0 aliphatic heterocycles. The van der Waals surface area contributed by atoms with Crippen molar-refractivity contribution in [1.82, 2.24) is 5.32 Å². The van der Waals surface area contributed by atoms with E-state index < -0.39 is 0 Å². The summed E-state index contributed by atoms with van der Waals surface area (Å²) in [7, 11) is 0. The molecule has 17 heavy (non-hydrogen) atoms. The van der Waals surface area contributed by atoms with Crippen LogP contribution in [-0.4, -0.2) is 24.6 Å². The van der Waals surface area contributed by atoms with Gasteiger partial charge in [0.05, 0.1) is 0 Å². The van der Waals surface area contributed by atoms with Crippen LogP contribution in [0, 0.1) is 6.92 Å². The molecule has 0 saturated carbocycles. The largest absolute Gasteiger partial charge is 0.313 e. The van der Waals surface area contributed by atoms with Gasteiger partial charge in [0.15, 0.2) is 0 Å². The molecule has 0 spiro atoms. The van der Waals surface area contributed by atoms with Crippen LogP contribution in [0.5, 0.6) is 0 Å². The van der Waals surface area contributed by atoms with E-state index in [4.69, 9.17) is 11.6 Å². The summed E-state index contributed by atoms with van der Waals surface area (Å²) in [5.74, 6) is 1.13. The van der Waals surface area contributed by atoms with Gasteiger partial charge < -0.3 is 5.32 Å². The van der Waals surface area contributed by atoms with Crippen LogP contribution >= 0.6 is 23.4 Å². The topological polar surface area (TPSA) is 12.0 Å². The molecule has 1 N–H and O–H groups in total. The number of rotatable bonds is 7. The van der Waals surface area contributed by atoms with Gasteiger partial charge in [0.2, 0.25) is 0 Å². The normalized spacial score (nSPS) is 12.7. The van der Waals surface area contributed by atoms with Crippen LogP contribution in [0.15, 0.2) is 18.2 Å². The Labute approximate surface area is 114 Å². The van der Waals surface area contributed by atoms with Gasteiger partial charge in [-0.25, -0.2) is 0 Å². The first kappa shape index (κ1) is 14.9. The Morgan fingerprint density at radius 1 is 1.41 bits per heavy atom. The van der Waals surface area contributed by atoms with Gasteiger partial charge in [-0.2, -0.15) is 11.8 Å². The molecule has 0 amide bonds. The lowest BCUT2D eigenvalue weighted by molar-refractivity contribution is 0.550. The molecule has 0 aromatic heterocycles. The van der Waals surface area contributed by atoms with Gasteiger partial charge in [0, 0.05) is 16.8 Å². The molecule has 1 aromatic rings. The van der Waals surface area contributed by atoms with E-state index in [9.17, 15) is 0 Å². The Morgan fingerprint density at radius 2 is 2.18 bits per heavy atom. The lowest BCUT2D eigenvalue weighted by atomic mass is 10.1. The van der Waals surface area contributed by atoms with Gasteiger partial charge >= 0.3 is 0 Å². The van der Waals surface area contributed by atoms with E-state index in [0.29, 0.717) is 6.04 Å². The van der Waals surface area contributed by atoms with Crippen molar-refractivity contribution < 1.29 is 0 Å². The Balaban J connectivity index is 2.64. The van der Waals surface area contributed by atoms with Crippen molar-refractivity contribution in [2.75, 3.05) is 18.6 Å². The molecular weight excluding hydrogens is 250 g/mol. The molecule has 1 aromatic carbocycles. The fourth-order valence-corrected chi connectivity index (χ4v) is 2.77. The Bertz CT molecular complexity index is 341. The zero-order valence-corrected chi connectivity index (χ0v) is 12.5. The molecule has 96 valence electrons. The van der Waals surface area contributed by atoms with Gasteiger partial charge in [-0.15, -0.1) is 0 Å². The van der Waals surface area contributed by atoms with Gasteiger partial charge in [-0.05, 0) is 49.8 Å². The Morgan fingerprint density at radius 3 is 2.76 bits per heavy atom. The fourth-order valence-electron chi connectivity index (χ4n) is 1.82. The summed E-state index contributed by atoms with van der Waals surface area (Å²) in [5.41, 5.74) is 2.47. The molecule has 0 aliphatic rings. The minimum Gasteiger partial charge on any atom is -0.313 e. The van der Waals surface area contributed by atoms with Gasteiger partial charge in [-0.1, -0.05) is 30.7 Å². The highest BCUT2D eigenvalue weighted by atomic mass is 35.5. The zero-order valence-electron chi connectivity index (χ0n) is 10.9. The van der Waals surface area contributed by atoms with Crippen LogP contribution in [0.1, 0.15) is 24.5 Å². The van der Waals surface area contributed by atoms with Crippen molar-refractivity contribution in [3.8, 4) is 0 Å². The number of aryl methyl sites for hydroxylation is 1. The van der Waals surface area contributed by atoms with Crippen molar-refractivity contribution >= 4 is 23.4 Å². The minimum absolute atomic E-state index is 0.519. The fraction of sp³-hybridized carbons (Fsp3) is 0.571. The standard InChI is InChI=1S/C14H22ClNS/c1-4-7-16-13(10-17-3)9-12-6-5-11(2)8-14(12)15/h5-6,8,13,16H,4,7,9-10H2,1-3H3. The third-order valence-corrected chi connectivity index (χ3v) is 3.81. The van der Waals surface area contributed by atoms with Crippen LogP contribution in [0.25, 0.3) is 0 Å². The maximum Gasteiger partial charge on any atom is 0.0441 e. The van der Waals surface area contributed by atoms with Crippen LogP contribution < -0.4 is 5.32 Å². The molecule has 0 radical (unpaired) electrons. The molecule has 0 heterocycles. The Hall–Kier alpha value is -0.180. The quantitative estimate of drug-likeness (QED) is 0.807. The van der Waals surface area contributed by atoms with Crippen molar-refractivity contribution in [2.45, 2.75) is 32.7 Å². The number of hydrogen-bond acceptors (Lipinski definition) is 2. The van der Waals surface area contributed by atoms with Crippen LogP contribution in [0.3, 0.4) is 0 Å². The average Bonchev–Trinajstić information content (AvgIpc) is 2.29. The second-order valence-electron chi connectivity index (χ2n) is 4.41. The second kappa shape index (κ2) is 8.02. The molecule has 0 bridgehead atoms. The highest BCUT2D eigenvalue weighted by Gasteiger charge is 2.10. The van der Waals surface area contributed by atoms with Crippen molar-refractivity contribution in [1.29, 1.82) is 0 Å². The minimum atomic E-state index is 0.519. The number of thioether (sulfide) groups is 1. The molecule has 0 saturated heterocycles. The van der Waals surface area contributed by atoms with E-state index in [1.165, 1.54) is 17.5 Å². The third-order valence-electron chi connectivity index (χ3n) is 2.73. The molecule has 1 atom stereocenters. The summed E-state index contributed by atoms with van der Waals surface area (Å²) in [6.07, 6.45) is 4.34. The number of halogens is 1.